The van der Waals surface area contributed by atoms with Crippen LogP contribution < -0.4 is 0 Å². The largest absolute Gasteiger partial charge is 0.345 e. The number of halogens is 1. The van der Waals surface area contributed by atoms with E-state index in [1.165, 1.54) is 12.1 Å². The van der Waals surface area contributed by atoms with Crippen molar-refractivity contribution in [2.45, 2.75) is 19.3 Å². The lowest BCUT2D eigenvalue weighted by molar-refractivity contribution is -0.119. The van der Waals surface area contributed by atoms with Crippen LogP contribution in [-0.4, -0.2) is 24.4 Å². The predicted molar refractivity (Wildman–Crippen MR) is 60.5 cm³/mol. The van der Waals surface area contributed by atoms with Crippen LogP contribution in [0, 0.1) is 11.7 Å². The number of hydrogen-bond donors (Lipinski definition) is 0. The summed E-state index contributed by atoms with van der Waals surface area (Å²) >= 11 is 0. The summed E-state index contributed by atoms with van der Waals surface area (Å²) in [7, 11) is 0. The summed E-state index contributed by atoms with van der Waals surface area (Å²) in [5, 5.41) is 0. The van der Waals surface area contributed by atoms with E-state index >= 15 is 0 Å². The monoisotopic (exact) mass is 221 g/mol. The lowest BCUT2D eigenvalue weighted by Gasteiger charge is -2.29. The summed E-state index contributed by atoms with van der Waals surface area (Å²) in [6, 6.07) is 6.65. The number of nitrogens with zero attached hydrogens (tertiary/aromatic N) is 1. The van der Waals surface area contributed by atoms with E-state index in [1.807, 2.05) is 17.0 Å². The molecule has 0 bridgehead atoms. The van der Waals surface area contributed by atoms with Crippen molar-refractivity contribution in [2.75, 3.05) is 13.1 Å². The first-order valence-corrected chi connectivity index (χ1v) is 5.72. The molecule has 1 aromatic rings. The van der Waals surface area contributed by atoms with E-state index < -0.39 is 0 Å². The van der Waals surface area contributed by atoms with Crippen LogP contribution in [0.1, 0.15) is 18.4 Å². The minimum absolute atomic E-state index is 0.193. The van der Waals surface area contributed by atoms with Crippen LogP contribution in [0.5, 0.6) is 0 Å². The lowest BCUT2D eigenvalue weighted by atomic mass is 9.91. The second-order valence-corrected chi connectivity index (χ2v) is 4.44. The minimum atomic E-state index is -0.193. The third-order valence-corrected chi connectivity index (χ3v) is 3.14. The van der Waals surface area contributed by atoms with E-state index in [2.05, 4.69) is 0 Å². The van der Waals surface area contributed by atoms with Crippen molar-refractivity contribution in [3.05, 3.63) is 35.6 Å². The maximum atomic E-state index is 12.7. The van der Waals surface area contributed by atoms with Crippen molar-refractivity contribution in [1.29, 1.82) is 0 Å². The van der Waals surface area contributed by atoms with Crippen molar-refractivity contribution < 1.29 is 9.18 Å². The first-order chi connectivity index (χ1) is 7.78. The van der Waals surface area contributed by atoms with Crippen LogP contribution in [0.2, 0.25) is 0 Å². The Balaban J connectivity index is 1.93. The molecular formula is C13H16FNO. The number of rotatable bonds is 3. The number of amides is 1. The predicted octanol–water partition coefficient (Wildman–Crippen LogP) is 2.24. The van der Waals surface area contributed by atoms with E-state index in [9.17, 15) is 9.18 Å². The van der Waals surface area contributed by atoms with Gasteiger partial charge in [0.2, 0.25) is 6.41 Å². The number of carbonyl (C=O) groups is 1. The Hall–Kier alpha value is -1.38. The zero-order valence-electron chi connectivity index (χ0n) is 9.23. The molecule has 1 atom stereocenters. The lowest BCUT2D eigenvalue weighted by Crippen LogP contribution is -2.35. The number of benzene rings is 1. The molecule has 1 saturated heterocycles. The van der Waals surface area contributed by atoms with Crippen molar-refractivity contribution in [1.82, 2.24) is 4.90 Å². The second kappa shape index (κ2) is 5.10. The highest BCUT2D eigenvalue weighted by molar-refractivity contribution is 5.47. The topological polar surface area (TPSA) is 20.3 Å². The summed E-state index contributed by atoms with van der Waals surface area (Å²) in [5.41, 5.74) is 1.15. The van der Waals surface area contributed by atoms with Gasteiger partial charge in [0.15, 0.2) is 0 Å². The fourth-order valence-corrected chi connectivity index (χ4v) is 2.31. The molecule has 1 amide bonds. The van der Waals surface area contributed by atoms with Crippen molar-refractivity contribution in [3.63, 3.8) is 0 Å². The molecule has 0 saturated carbocycles. The minimum Gasteiger partial charge on any atom is -0.345 e. The van der Waals surface area contributed by atoms with Gasteiger partial charge < -0.3 is 4.90 Å². The van der Waals surface area contributed by atoms with Crippen LogP contribution in [0.25, 0.3) is 0 Å². The van der Waals surface area contributed by atoms with Crippen LogP contribution in [0.4, 0.5) is 4.39 Å². The molecular weight excluding hydrogens is 205 g/mol. The number of piperidine rings is 1. The third kappa shape index (κ3) is 2.81. The van der Waals surface area contributed by atoms with Gasteiger partial charge in [-0.15, -0.1) is 0 Å². The van der Waals surface area contributed by atoms with E-state index in [4.69, 9.17) is 0 Å². The molecule has 1 aliphatic rings. The average Bonchev–Trinajstić information content (AvgIpc) is 2.32. The highest BCUT2D eigenvalue weighted by atomic mass is 19.1. The summed E-state index contributed by atoms with van der Waals surface area (Å²) in [4.78, 5) is 12.5. The maximum Gasteiger partial charge on any atom is 0.209 e. The van der Waals surface area contributed by atoms with Gasteiger partial charge in [-0.2, -0.15) is 0 Å². The Labute approximate surface area is 95.1 Å². The highest BCUT2D eigenvalue weighted by Gasteiger charge is 2.18. The summed E-state index contributed by atoms with van der Waals surface area (Å²) in [6.07, 6.45) is 4.09. The standard InChI is InChI=1S/C13H16FNO/c14-13-5-3-11(4-6-13)8-12-2-1-7-15(9-12)10-16/h3-6,10,12H,1-2,7-9H2/t12-/m0/s1. The van der Waals surface area contributed by atoms with Gasteiger partial charge in [0.05, 0.1) is 0 Å². The van der Waals surface area contributed by atoms with Crippen LogP contribution >= 0.6 is 0 Å². The molecule has 2 rings (SSSR count). The van der Waals surface area contributed by atoms with Gasteiger partial charge in [-0.3, -0.25) is 4.79 Å². The Bertz CT molecular complexity index is 349. The molecule has 1 aromatic carbocycles. The summed E-state index contributed by atoms with van der Waals surface area (Å²) in [5.74, 6) is 0.325. The molecule has 16 heavy (non-hydrogen) atoms. The normalized spacial score (nSPS) is 20.8. The van der Waals surface area contributed by atoms with Crippen molar-refractivity contribution in [3.8, 4) is 0 Å². The molecule has 0 radical (unpaired) electrons. The summed E-state index contributed by atoms with van der Waals surface area (Å²) in [6.45, 7) is 1.71. The molecule has 2 nitrogen and oxygen atoms in total. The third-order valence-electron chi connectivity index (χ3n) is 3.14. The molecule has 0 aromatic heterocycles. The fourth-order valence-electron chi connectivity index (χ4n) is 2.31. The van der Waals surface area contributed by atoms with Gasteiger partial charge >= 0.3 is 0 Å². The van der Waals surface area contributed by atoms with Gasteiger partial charge in [-0.25, -0.2) is 4.39 Å². The molecule has 1 fully saturated rings. The number of likely N-dealkylation sites (tertiary alicyclic amines) is 1. The van der Waals surface area contributed by atoms with Crippen molar-refractivity contribution in [2.24, 2.45) is 5.92 Å². The molecule has 0 unspecified atom stereocenters. The average molecular weight is 221 g/mol. The SMILES string of the molecule is O=CN1CCC[C@@H](Cc2ccc(F)cc2)C1. The Kier molecular flexibility index (Phi) is 3.54. The van der Waals surface area contributed by atoms with E-state index in [0.717, 1.165) is 44.3 Å². The molecule has 0 spiro atoms. The molecule has 1 aliphatic heterocycles. The van der Waals surface area contributed by atoms with E-state index in [1.54, 1.807) is 0 Å². The maximum absolute atomic E-state index is 12.7. The Morgan fingerprint density at radius 3 is 2.81 bits per heavy atom. The van der Waals surface area contributed by atoms with Crippen LogP contribution in [0.3, 0.4) is 0 Å². The zero-order valence-corrected chi connectivity index (χ0v) is 9.23. The van der Waals surface area contributed by atoms with E-state index in [-0.39, 0.29) is 5.82 Å². The fraction of sp³-hybridized carbons (Fsp3) is 0.462. The van der Waals surface area contributed by atoms with Crippen LogP contribution in [0.15, 0.2) is 24.3 Å². The van der Waals surface area contributed by atoms with Crippen molar-refractivity contribution >= 4 is 6.41 Å². The Morgan fingerprint density at radius 2 is 2.12 bits per heavy atom. The molecule has 1 heterocycles. The molecule has 3 heteroatoms. The second-order valence-electron chi connectivity index (χ2n) is 4.44. The van der Waals surface area contributed by atoms with E-state index in [0.29, 0.717) is 5.92 Å². The molecule has 0 N–H and O–H groups in total. The quantitative estimate of drug-likeness (QED) is 0.717. The van der Waals surface area contributed by atoms with Gasteiger partial charge in [-0.1, -0.05) is 12.1 Å². The number of hydrogen-bond acceptors (Lipinski definition) is 1. The van der Waals surface area contributed by atoms with Gasteiger partial charge in [0, 0.05) is 13.1 Å². The smallest absolute Gasteiger partial charge is 0.209 e. The highest BCUT2D eigenvalue weighted by Crippen LogP contribution is 2.20. The number of carbonyl (C=O) groups excluding carboxylic acids is 1. The Morgan fingerprint density at radius 1 is 1.38 bits per heavy atom. The van der Waals surface area contributed by atoms with Gasteiger partial charge in [0.25, 0.3) is 0 Å². The summed E-state index contributed by atoms with van der Waals surface area (Å²) < 4.78 is 12.7. The molecule has 86 valence electrons. The first-order valence-electron chi connectivity index (χ1n) is 5.72. The first kappa shape index (κ1) is 11.1. The van der Waals surface area contributed by atoms with Gasteiger partial charge in [-0.05, 0) is 42.9 Å². The van der Waals surface area contributed by atoms with Crippen LogP contribution in [-0.2, 0) is 11.2 Å². The van der Waals surface area contributed by atoms with Gasteiger partial charge in [0.1, 0.15) is 5.82 Å². The molecule has 0 aliphatic carbocycles. The zero-order chi connectivity index (χ0) is 11.4.